The highest BCUT2D eigenvalue weighted by Gasteiger charge is 2.35. The lowest BCUT2D eigenvalue weighted by Gasteiger charge is -2.47. The van der Waals surface area contributed by atoms with Crippen LogP contribution in [0.4, 0.5) is 11.4 Å². The van der Waals surface area contributed by atoms with Crippen molar-refractivity contribution in [1.82, 2.24) is 0 Å². The first kappa shape index (κ1) is 20.6. The molecule has 0 saturated heterocycles. The largest absolute Gasteiger partial charge is 0.366 e. The Kier molecular flexibility index (Phi) is 5.98. The van der Waals surface area contributed by atoms with Crippen molar-refractivity contribution in [2.75, 3.05) is 11.4 Å². The van der Waals surface area contributed by atoms with Crippen molar-refractivity contribution < 1.29 is 0 Å². The summed E-state index contributed by atoms with van der Waals surface area (Å²) >= 11 is 0. The molecule has 150 valence electrons. The van der Waals surface area contributed by atoms with E-state index in [0.29, 0.717) is 11.8 Å². The topological polar surface area (TPSA) is 15.6 Å². The van der Waals surface area contributed by atoms with E-state index in [1.165, 1.54) is 40.8 Å². The maximum Gasteiger partial charge on any atom is 0.0630 e. The van der Waals surface area contributed by atoms with Gasteiger partial charge in [0.1, 0.15) is 0 Å². The van der Waals surface area contributed by atoms with Crippen molar-refractivity contribution in [3.8, 4) is 0 Å². The Morgan fingerprint density at radius 2 is 1.86 bits per heavy atom. The van der Waals surface area contributed by atoms with Gasteiger partial charge in [0.25, 0.3) is 0 Å². The molecule has 0 spiro atoms. The lowest BCUT2D eigenvalue weighted by molar-refractivity contribution is 0.381. The number of hydrogen-bond acceptors (Lipinski definition) is 2. The van der Waals surface area contributed by atoms with Gasteiger partial charge in [-0.1, -0.05) is 32.9 Å². The van der Waals surface area contributed by atoms with E-state index in [9.17, 15) is 0 Å². The van der Waals surface area contributed by atoms with Crippen LogP contribution in [0.1, 0.15) is 88.5 Å². The molecule has 1 aliphatic heterocycles. The summed E-state index contributed by atoms with van der Waals surface area (Å²) in [6, 6.07) is 13.4. The van der Waals surface area contributed by atoms with Crippen molar-refractivity contribution in [2.24, 2.45) is 4.99 Å². The van der Waals surface area contributed by atoms with E-state index in [2.05, 4.69) is 89.8 Å². The molecule has 1 heterocycles. The predicted octanol–water partition coefficient (Wildman–Crippen LogP) is 7.37. The van der Waals surface area contributed by atoms with Crippen LogP contribution in [0.15, 0.2) is 41.4 Å². The second-order valence-electron chi connectivity index (χ2n) is 9.09. The monoisotopic (exact) mass is 376 g/mol. The Balaban J connectivity index is 1.90. The predicted molar refractivity (Wildman–Crippen MR) is 124 cm³/mol. The Morgan fingerprint density at radius 3 is 2.46 bits per heavy atom. The maximum absolute atomic E-state index is 4.77. The van der Waals surface area contributed by atoms with Crippen LogP contribution in [0.2, 0.25) is 0 Å². The van der Waals surface area contributed by atoms with Crippen LogP contribution >= 0.6 is 0 Å². The van der Waals surface area contributed by atoms with Crippen LogP contribution in [-0.4, -0.2) is 18.3 Å². The first-order chi connectivity index (χ1) is 13.3. The van der Waals surface area contributed by atoms with Crippen LogP contribution in [0, 0.1) is 6.92 Å². The molecule has 0 radical (unpaired) electrons. The molecule has 3 rings (SSSR count). The molecule has 0 aliphatic carbocycles. The van der Waals surface area contributed by atoms with Gasteiger partial charge in [-0.2, -0.15) is 0 Å². The van der Waals surface area contributed by atoms with Gasteiger partial charge in [0, 0.05) is 24.0 Å². The van der Waals surface area contributed by atoms with Gasteiger partial charge in [0.15, 0.2) is 0 Å². The first-order valence-corrected chi connectivity index (χ1v) is 10.8. The second-order valence-corrected chi connectivity index (χ2v) is 9.09. The van der Waals surface area contributed by atoms with Gasteiger partial charge in [-0.3, -0.25) is 4.99 Å². The number of aliphatic imine (C=N–C) groups is 1. The van der Waals surface area contributed by atoms with E-state index in [0.717, 1.165) is 12.2 Å². The molecule has 2 nitrogen and oxygen atoms in total. The number of benzene rings is 2. The van der Waals surface area contributed by atoms with Gasteiger partial charge in [-0.05, 0) is 98.9 Å². The second kappa shape index (κ2) is 8.11. The average molecular weight is 377 g/mol. The van der Waals surface area contributed by atoms with Gasteiger partial charge in [-0.15, -0.1) is 0 Å². The fourth-order valence-electron chi connectivity index (χ4n) is 4.66. The zero-order valence-electron chi connectivity index (χ0n) is 18.7. The van der Waals surface area contributed by atoms with Crippen molar-refractivity contribution in [3.63, 3.8) is 0 Å². The number of nitrogens with zero attached hydrogens (tertiary/aromatic N) is 2. The van der Waals surface area contributed by atoms with E-state index >= 15 is 0 Å². The van der Waals surface area contributed by atoms with Crippen molar-refractivity contribution >= 4 is 17.6 Å². The lowest BCUT2D eigenvalue weighted by Crippen LogP contribution is -2.48. The third-order valence-electron chi connectivity index (χ3n) is 6.52. The number of rotatable bonds is 5. The molecule has 0 fully saturated rings. The number of aryl methyl sites for hydroxylation is 1. The Hall–Kier alpha value is -2.09. The summed E-state index contributed by atoms with van der Waals surface area (Å²) in [5.74, 6) is 1.17. The standard InChI is InChI=1S/C26H36N2/c1-8-18(3)21-10-12-23(13-11-21)27-17-22-15-24-20(5)16-26(6,7)28(9-2)25(24)14-19(22)4/h10-15,17-18,20H,8-9,16H2,1-7H3. The average Bonchev–Trinajstić information content (AvgIpc) is 2.66. The van der Waals surface area contributed by atoms with E-state index in [1.807, 2.05) is 6.21 Å². The van der Waals surface area contributed by atoms with Gasteiger partial charge < -0.3 is 4.90 Å². The van der Waals surface area contributed by atoms with Crippen molar-refractivity contribution in [3.05, 3.63) is 58.7 Å². The highest BCUT2D eigenvalue weighted by atomic mass is 15.2. The third kappa shape index (κ3) is 4.01. The van der Waals surface area contributed by atoms with Gasteiger partial charge in [0.2, 0.25) is 0 Å². The summed E-state index contributed by atoms with van der Waals surface area (Å²) in [6.07, 6.45) is 4.39. The minimum absolute atomic E-state index is 0.209. The summed E-state index contributed by atoms with van der Waals surface area (Å²) < 4.78 is 0. The summed E-state index contributed by atoms with van der Waals surface area (Å²) in [6.45, 7) is 17.1. The first-order valence-electron chi connectivity index (χ1n) is 10.8. The van der Waals surface area contributed by atoms with Crippen LogP contribution in [0.25, 0.3) is 0 Å². The maximum atomic E-state index is 4.77. The smallest absolute Gasteiger partial charge is 0.0630 e. The molecular formula is C26H36N2. The molecule has 1 aliphatic rings. The van der Waals surface area contributed by atoms with Crippen LogP contribution in [-0.2, 0) is 0 Å². The molecule has 2 unspecified atom stereocenters. The zero-order valence-corrected chi connectivity index (χ0v) is 18.7. The molecular weight excluding hydrogens is 340 g/mol. The lowest BCUT2D eigenvalue weighted by atomic mass is 9.79. The molecule has 0 aromatic heterocycles. The zero-order chi connectivity index (χ0) is 20.5. The van der Waals surface area contributed by atoms with Gasteiger partial charge in [0.05, 0.1) is 5.69 Å². The van der Waals surface area contributed by atoms with Crippen LogP contribution < -0.4 is 4.90 Å². The van der Waals surface area contributed by atoms with Crippen LogP contribution in [0.5, 0.6) is 0 Å². The minimum atomic E-state index is 0.209. The molecule has 2 aromatic carbocycles. The summed E-state index contributed by atoms with van der Waals surface area (Å²) in [7, 11) is 0. The quantitative estimate of drug-likeness (QED) is 0.497. The Labute approximate surface area is 171 Å². The fourth-order valence-corrected chi connectivity index (χ4v) is 4.66. The fraction of sp³-hybridized carbons (Fsp3) is 0.500. The molecule has 2 atom stereocenters. The van der Waals surface area contributed by atoms with Gasteiger partial charge >= 0.3 is 0 Å². The molecule has 28 heavy (non-hydrogen) atoms. The number of hydrogen-bond donors (Lipinski definition) is 0. The normalized spacial score (nSPS) is 19.7. The summed E-state index contributed by atoms with van der Waals surface area (Å²) in [5.41, 5.74) is 8.00. The van der Waals surface area contributed by atoms with E-state index in [-0.39, 0.29) is 5.54 Å². The highest BCUT2D eigenvalue weighted by Crippen LogP contribution is 2.44. The Bertz CT molecular complexity index is 845. The van der Waals surface area contributed by atoms with Crippen molar-refractivity contribution in [1.29, 1.82) is 0 Å². The van der Waals surface area contributed by atoms with Crippen LogP contribution in [0.3, 0.4) is 0 Å². The number of anilines is 1. The Morgan fingerprint density at radius 1 is 1.18 bits per heavy atom. The van der Waals surface area contributed by atoms with E-state index in [1.54, 1.807) is 0 Å². The highest BCUT2D eigenvalue weighted by molar-refractivity contribution is 5.86. The minimum Gasteiger partial charge on any atom is -0.366 e. The van der Waals surface area contributed by atoms with Crippen molar-refractivity contribution in [2.45, 2.75) is 78.7 Å². The summed E-state index contributed by atoms with van der Waals surface area (Å²) in [5, 5.41) is 0. The molecule has 2 heteroatoms. The third-order valence-corrected chi connectivity index (χ3v) is 6.52. The molecule has 2 aromatic rings. The molecule has 0 N–H and O–H groups in total. The molecule has 0 saturated carbocycles. The SMILES string of the molecule is CCC(C)c1ccc(N=Cc2cc3c(cc2C)N(CC)C(C)(C)CC3C)cc1. The van der Waals surface area contributed by atoms with E-state index in [4.69, 9.17) is 4.99 Å². The number of fused-ring (bicyclic) bond motifs is 1. The molecule has 0 bridgehead atoms. The van der Waals surface area contributed by atoms with E-state index < -0.39 is 0 Å². The van der Waals surface area contributed by atoms with Gasteiger partial charge in [-0.25, -0.2) is 0 Å². The summed E-state index contributed by atoms with van der Waals surface area (Å²) in [4.78, 5) is 7.33. The molecule has 0 amide bonds.